The summed E-state index contributed by atoms with van der Waals surface area (Å²) in [6.45, 7) is 3.37. The molecule has 2 aromatic rings. The number of sulfonamides is 1. The summed E-state index contributed by atoms with van der Waals surface area (Å²) < 4.78 is 43.4. The van der Waals surface area contributed by atoms with Crippen LogP contribution in [-0.4, -0.2) is 55.5 Å². The predicted octanol–water partition coefficient (Wildman–Crippen LogP) is 0.680. The SMILES string of the molecule is Cc1noc(C)c1S(=O)(=O)N1CCCC(C(=O)NNC(=O)C2COc3ccccc3O2)C1. The van der Waals surface area contributed by atoms with Gasteiger partial charge in [0.2, 0.25) is 22.0 Å². The summed E-state index contributed by atoms with van der Waals surface area (Å²) in [5.74, 6) is -0.473. The van der Waals surface area contributed by atoms with E-state index in [2.05, 4.69) is 16.0 Å². The van der Waals surface area contributed by atoms with Crippen molar-refractivity contribution in [3.8, 4) is 11.5 Å². The van der Waals surface area contributed by atoms with Crippen molar-refractivity contribution in [2.45, 2.75) is 37.7 Å². The molecule has 0 radical (unpaired) electrons. The normalized spacial score (nSPS) is 21.1. The molecule has 11 nitrogen and oxygen atoms in total. The largest absolute Gasteiger partial charge is 0.485 e. The first kappa shape index (κ1) is 22.1. The second kappa shape index (κ2) is 8.79. The van der Waals surface area contributed by atoms with Crippen molar-refractivity contribution in [2.24, 2.45) is 5.92 Å². The number of benzene rings is 1. The van der Waals surface area contributed by atoms with Crippen molar-refractivity contribution in [1.82, 2.24) is 20.3 Å². The standard InChI is InChI=1S/C20H24N4O7S/c1-12-18(13(2)31-23-12)32(27,28)24-9-5-6-14(10-24)19(25)21-22-20(26)17-11-29-15-7-3-4-8-16(15)30-17/h3-4,7-8,14,17H,5-6,9-11H2,1-2H3,(H,21,25)(H,22,26). The van der Waals surface area contributed by atoms with Crippen LogP contribution >= 0.6 is 0 Å². The molecule has 2 unspecified atom stereocenters. The quantitative estimate of drug-likeness (QED) is 0.630. The van der Waals surface area contributed by atoms with Gasteiger partial charge in [-0.25, -0.2) is 8.42 Å². The van der Waals surface area contributed by atoms with E-state index in [-0.39, 0.29) is 36.0 Å². The summed E-state index contributed by atoms with van der Waals surface area (Å²) >= 11 is 0. The summed E-state index contributed by atoms with van der Waals surface area (Å²) in [4.78, 5) is 25.1. The molecule has 0 spiro atoms. The molecule has 1 aromatic heterocycles. The molecule has 2 N–H and O–H groups in total. The van der Waals surface area contributed by atoms with Gasteiger partial charge in [0.15, 0.2) is 17.3 Å². The summed E-state index contributed by atoms with van der Waals surface area (Å²) in [7, 11) is -3.85. The van der Waals surface area contributed by atoms with E-state index in [1.165, 1.54) is 11.2 Å². The number of hydrazine groups is 1. The average molecular weight is 465 g/mol. The van der Waals surface area contributed by atoms with Gasteiger partial charge in [-0.05, 0) is 38.8 Å². The van der Waals surface area contributed by atoms with Gasteiger partial charge in [0.1, 0.15) is 17.2 Å². The number of aromatic nitrogens is 1. The van der Waals surface area contributed by atoms with Gasteiger partial charge in [-0.2, -0.15) is 4.31 Å². The third-order valence-electron chi connectivity index (χ3n) is 5.43. The zero-order valence-electron chi connectivity index (χ0n) is 17.7. The second-order valence-corrected chi connectivity index (χ2v) is 9.57. The van der Waals surface area contributed by atoms with Crippen LogP contribution < -0.4 is 20.3 Å². The Bertz CT molecular complexity index is 1110. The van der Waals surface area contributed by atoms with E-state index in [4.69, 9.17) is 14.0 Å². The Labute approximate surface area is 185 Å². The summed E-state index contributed by atoms with van der Waals surface area (Å²) in [5.41, 5.74) is 5.00. The van der Waals surface area contributed by atoms with Crippen molar-refractivity contribution in [1.29, 1.82) is 0 Å². The number of hydrogen-bond acceptors (Lipinski definition) is 8. The van der Waals surface area contributed by atoms with Gasteiger partial charge in [-0.15, -0.1) is 0 Å². The molecular formula is C20H24N4O7S. The van der Waals surface area contributed by atoms with Gasteiger partial charge < -0.3 is 14.0 Å². The van der Waals surface area contributed by atoms with Crippen LogP contribution in [0.5, 0.6) is 11.5 Å². The number of fused-ring (bicyclic) bond motifs is 1. The van der Waals surface area contributed by atoms with E-state index >= 15 is 0 Å². The topological polar surface area (TPSA) is 140 Å². The first-order valence-electron chi connectivity index (χ1n) is 10.2. The first-order valence-corrected chi connectivity index (χ1v) is 11.6. The lowest BCUT2D eigenvalue weighted by molar-refractivity contribution is -0.136. The van der Waals surface area contributed by atoms with Crippen LogP contribution in [-0.2, 0) is 19.6 Å². The molecule has 2 aliphatic heterocycles. The Hall–Kier alpha value is -3.12. The number of rotatable bonds is 4. The Morgan fingerprint density at radius 3 is 2.56 bits per heavy atom. The van der Waals surface area contributed by atoms with Crippen molar-refractivity contribution in [3.63, 3.8) is 0 Å². The monoisotopic (exact) mass is 464 g/mol. The van der Waals surface area contributed by atoms with Crippen molar-refractivity contribution in [2.75, 3.05) is 19.7 Å². The smallest absolute Gasteiger partial charge is 0.283 e. The molecule has 2 atom stereocenters. The minimum atomic E-state index is -3.85. The highest BCUT2D eigenvalue weighted by Crippen LogP contribution is 2.31. The lowest BCUT2D eigenvalue weighted by Crippen LogP contribution is -2.54. The fraction of sp³-hybridized carbons (Fsp3) is 0.450. The molecule has 3 heterocycles. The van der Waals surface area contributed by atoms with Gasteiger partial charge in [-0.1, -0.05) is 17.3 Å². The molecule has 0 saturated carbocycles. The fourth-order valence-corrected chi connectivity index (χ4v) is 5.62. The fourth-order valence-electron chi connectivity index (χ4n) is 3.80. The molecule has 0 bridgehead atoms. The minimum Gasteiger partial charge on any atom is -0.485 e. The highest BCUT2D eigenvalue weighted by molar-refractivity contribution is 7.89. The number of hydrogen-bond donors (Lipinski definition) is 2. The number of nitrogens with zero attached hydrogens (tertiary/aromatic N) is 2. The third-order valence-corrected chi connectivity index (χ3v) is 7.54. The van der Waals surface area contributed by atoms with E-state index < -0.39 is 33.9 Å². The molecule has 2 aliphatic rings. The number of piperidine rings is 1. The number of aryl methyl sites for hydroxylation is 2. The average Bonchev–Trinajstić information content (AvgIpc) is 3.15. The maximum atomic E-state index is 13.0. The molecular weight excluding hydrogens is 440 g/mol. The van der Waals surface area contributed by atoms with Gasteiger partial charge in [0, 0.05) is 13.1 Å². The van der Waals surface area contributed by atoms with Gasteiger partial charge in [0.05, 0.1) is 5.92 Å². The van der Waals surface area contributed by atoms with E-state index in [0.29, 0.717) is 24.3 Å². The Kier molecular flexibility index (Phi) is 6.07. The molecule has 1 aromatic carbocycles. The second-order valence-electron chi connectivity index (χ2n) is 7.70. The van der Waals surface area contributed by atoms with Crippen LogP contribution in [0.1, 0.15) is 24.3 Å². The summed E-state index contributed by atoms with van der Waals surface area (Å²) in [6.07, 6.45) is 0.0736. The Balaban J connectivity index is 1.34. The Morgan fingerprint density at radius 2 is 1.84 bits per heavy atom. The van der Waals surface area contributed by atoms with Crippen LogP contribution in [0, 0.1) is 19.8 Å². The maximum Gasteiger partial charge on any atom is 0.283 e. The zero-order chi connectivity index (χ0) is 22.9. The van der Waals surface area contributed by atoms with E-state index in [1.54, 1.807) is 31.2 Å². The van der Waals surface area contributed by atoms with Crippen molar-refractivity contribution >= 4 is 21.8 Å². The van der Waals surface area contributed by atoms with Crippen molar-refractivity contribution in [3.05, 3.63) is 35.7 Å². The van der Waals surface area contributed by atoms with E-state index in [1.807, 2.05) is 0 Å². The van der Waals surface area contributed by atoms with Crippen molar-refractivity contribution < 1.29 is 32.0 Å². The summed E-state index contributed by atoms with van der Waals surface area (Å²) in [6, 6.07) is 6.97. The van der Waals surface area contributed by atoms with E-state index in [9.17, 15) is 18.0 Å². The van der Waals surface area contributed by atoms with Crippen LogP contribution in [0.3, 0.4) is 0 Å². The number of carbonyl (C=O) groups excluding carboxylic acids is 2. The molecule has 1 saturated heterocycles. The first-order chi connectivity index (χ1) is 15.3. The molecule has 4 rings (SSSR count). The van der Waals surface area contributed by atoms with Crippen LogP contribution in [0.4, 0.5) is 0 Å². The lowest BCUT2D eigenvalue weighted by Gasteiger charge is -2.31. The number of ether oxygens (including phenoxy) is 2. The molecule has 32 heavy (non-hydrogen) atoms. The molecule has 1 fully saturated rings. The van der Waals surface area contributed by atoms with Gasteiger partial charge in [-0.3, -0.25) is 20.4 Å². The number of nitrogens with one attached hydrogen (secondary N) is 2. The van der Waals surface area contributed by atoms with Crippen LogP contribution in [0.15, 0.2) is 33.7 Å². The summed E-state index contributed by atoms with van der Waals surface area (Å²) in [5, 5.41) is 3.71. The number of para-hydroxylation sites is 2. The minimum absolute atomic E-state index is 0.00556. The van der Waals surface area contributed by atoms with Gasteiger partial charge in [0.25, 0.3) is 5.91 Å². The predicted molar refractivity (Wildman–Crippen MR) is 110 cm³/mol. The Morgan fingerprint density at radius 1 is 1.12 bits per heavy atom. The van der Waals surface area contributed by atoms with Crippen LogP contribution in [0.25, 0.3) is 0 Å². The highest BCUT2D eigenvalue weighted by atomic mass is 32.2. The molecule has 12 heteroatoms. The van der Waals surface area contributed by atoms with Crippen LogP contribution in [0.2, 0.25) is 0 Å². The third kappa shape index (κ3) is 4.28. The number of amides is 2. The van der Waals surface area contributed by atoms with Gasteiger partial charge >= 0.3 is 0 Å². The lowest BCUT2D eigenvalue weighted by atomic mass is 9.99. The maximum absolute atomic E-state index is 13.0. The molecule has 0 aliphatic carbocycles. The zero-order valence-corrected chi connectivity index (χ0v) is 18.5. The molecule has 172 valence electrons. The molecule has 2 amide bonds. The highest BCUT2D eigenvalue weighted by Gasteiger charge is 2.37. The van der Waals surface area contributed by atoms with E-state index in [0.717, 1.165) is 0 Å². The number of carbonyl (C=O) groups is 2.